The molecule has 0 saturated carbocycles. The maximum Gasteiger partial charge on any atom is 0.253 e. The van der Waals surface area contributed by atoms with Crippen LogP contribution in [-0.4, -0.2) is 41.0 Å². The third-order valence-electron chi connectivity index (χ3n) is 4.18. The maximum atomic E-state index is 12.4. The summed E-state index contributed by atoms with van der Waals surface area (Å²) in [5.41, 5.74) is 2.24. The van der Waals surface area contributed by atoms with Gasteiger partial charge in [-0.2, -0.15) is 0 Å². The number of nitrogens with one attached hydrogen (secondary N) is 1. The van der Waals surface area contributed by atoms with Gasteiger partial charge < -0.3 is 15.3 Å². The van der Waals surface area contributed by atoms with Crippen LogP contribution >= 0.6 is 0 Å². The Labute approximate surface area is 117 Å². The molecular weight excluding hydrogens is 256 g/mol. The van der Waals surface area contributed by atoms with Gasteiger partial charge in [-0.1, -0.05) is 6.92 Å². The predicted octanol–water partition coefficient (Wildman–Crippen LogP) is 1.02. The minimum atomic E-state index is -0.453. The Morgan fingerprint density at radius 2 is 2.25 bits per heavy atom. The SMILES string of the molecule is CC1CCN(C(=O)c2ccc3c(c2)CC(=O)N3)CC1O. The first-order valence-corrected chi connectivity index (χ1v) is 6.94. The summed E-state index contributed by atoms with van der Waals surface area (Å²) in [4.78, 5) is 25.5. The van der Waals surface area contributed by atoms with Gasteiger partial charge in [-0.3, -0.25) is 9.59 Å². The number of piperidine rings is 1. The van der Waals surface area contributed by atoms with Crippen molar-refractivity contribution in [2.45, 2.75) is 25.9 Å². The number of hydrogen-bond donors (Lipinski definition) is 2. The molecule has 2 atom stereocenters. The van der Waals surface area contributed by atoms with E-state index in [1.807, 2.05) is 6.92 Å². The van der Waals surface area contributed by atoms with Crippen LogP contribution < -0.4 is 5.32 Å². The second kappa shape index (κ2) is 4.90. The van der Waals surface area contributed by atoms with Gasteiger partial charge in [0, 0.05) is 24.3 Å². The lowest BCUT2D eigenvalue weighted by atomic mass is 9.95. The van der Waals surface area contributed by atoms with Gasteiger partial charge in [0.2, 0.25) is 5.91 Å². The van der Waals surface area contributed by atoms with Crippen LogP contribution in [0.15, 0.2) is 18.2 Å². The summed E-state index contributed by atoms with van der Waals surface area (Å²) in [5.74, 6) is 0.130. The van der Waals surface area contributed by atoms with E-state index in [0.717, 1.165) is 17.7 Å². The van der Waals surface area contributed by atoms with Crippen molar-refractivity contribution in [3.63, 3.8) is 0 Å². The van der Waals surface area contributed by atoms with Crippen molar-refractivity contribution in [1.29, 1.82) is 0 Å². The number of aliphatic hydroxyl groups is 1. The number of carbonyl (C=O) groups is 2. The van der Waals surface area contributed by atoms with Crippen LogP contribution in [0.5, 0.6) is 0 Å². The average molecular weight is 274 g/mol. The molecule has 1 aromatic rings. The fraction of sp³-hybridized carbons (Fsp3) is 0.467. The molecule has 3 rings (SSSR count). The number of anilines is 1. The Balaban J connectivity index is 1.78. The van der Waals surface area contributed by atoms with Crippen LogP contribution in [0.25, 0.3) is 0 Å². The zero-order valence-electron chi connectivity index (χ0n) is 11.4. The first kappa shape index (κ1) is 13.1. The molecule has 1 fully saturated rings. The van der Waals surface area contributed by atoms with Gasteiger partial charge in [0.05, 0.1) is 12.5 Å². The summed E-state index contributed by atoms with van der Waals surface area (Å²) in [6, 6.07) is 5.29. The summed E-state index contributed by atoms with van der Waals surface area (Å²) in [5, 5.41) is 12.6. The first-order chi connectivity index (χ1) is 9.54. The Morgan fingerprint density at radius 3 is 3.00 bits per heavy atom. The van der Waals surface area contributed by atoms with Gasteiger partial charge in [-0.05, 0) is 36.1 Å². The van der Waals surface area contributed by atoms with E-state index in [2.05, 4.69) is 5.32 Å². The molecule has 2 amide bonds. The van der Waals surface area contributed by atoms with Crippen molar-refractivity contribution in [2.24, 2.45) is 5.92 Å². The molecule has 0 bridgehead atoms. The van der Waals surface area contributed by atoms with Crippen LogP contribution in [0.2, 0.25) is 0 Å². The van der Waals surface area contributed by atoms with Gasteiger partial charge in [-0.15, -0.1) is 0 Å². The van der Waals surface area contributed by atoms with Crippen LogP contribution in [0.4, 0.5) is 5.69 Å². The van der Waals surface area contributed by atoms with E-state index in [1.165, 1.54) is 0 Å². The lowest BCUT2D eigenvalue weighted by Crippen LogP contribution is -2.45. The molecule has 2 unspecified atom stereocenters. The standard InChI is InChI=1S/C15H18N2O3/c1-9-4-5-17(8-13(9)18)15(20)10-2-3-12-11(6-10)7-14(19)16-12/h2-3,6,9,13,18H,4-5,7-8H2,1H3,(H,16,19). The number of fused-ring (bicyclic) bond motifs is 1. The fourth-order valence-electron chi connectivity index (χ4n) is 2.78. The maximum absolute atomic E-state index is 12.4. The van der Waals surface area contributed by atoms with E-state index >= 15 is 0 Å². The van der Waals surface area contributed by atoms with Gasteiger partial charge in [0.25, 0.3) is 5.91 Å². The third kappa shape index (κ3) is 2.29. The second-order valence-electron chi connectivity index (χ2n) is 5.68. The molecule has 2 N–H and O–H groups in total. The van der Waals surface area contributed by atoms with Gasteiger partial charge >= 0.3 is 0 Å². The molecule has 20 heavy (non-hydrogen) atoms. The van der Waals surface area contributed by atoms with Crippen molar-refractivity contribution in [2.75, 3.05) is 18.4 Å². The quantitative estimate of drug-likeness (QED) is 0.803. The molecule has 0 aliphatic carbocycles. The van der Waals surface area contributed by atoms with Gasteiger partial charge in [0.1, 0.15) is 0 Å². The van der Waals surface area contributed by atoms with Crippen LogP contribution in [0.1, 0.15) is 29.3 Å². The van der Waals surface area contributed by atoms with E-state index in [0.29, 0.717) is 25.1 Å². The zero-order valence-corrected chi connectivity index (χ0v) is 11.4. The summed E-state index contributed by atoms with van der Waals surface area (Å²) < 4.78 is 0. The molecule has 1 saturated heterocycles. The largest absolute Gasteiger partial charge is 0.391 e. The number of rotatable bonds is 1. The number of nitrogens with zero attached hydrogens (tertiary/aromatic N) is 1. The second-order valence-corrected chi connectivity index (χ2v) is 5.68. The molecule has 5 nitrogen and oxygen atoms in total. The molecule has 2 aliphatic rings. The number of carbonyl (C=O) groups excluding carboxylic acids is 2. The van der Waals surface area contributed by atoms with E-state index in [9.17, 15) is 14.7 Å². The van der Waals surface area contributed by atoms with Crippen molar-refractivity contribution in [3.05, 3.63) is 29.3 Å². The monoisotopic (exact) mass is 274 g/mol. The molecule has 1 aromatic carbocycles. The summed E-state index contributed by atoms with van der Waals surface area (Å²) in [6.07, 6.45) is 0.693. The van der Waals surface area contributed by atoms with Crippen molar-refractivity contribution < 1.29 is 14.7 Å². The molecule has 0 spiro atoms. The number of aliphatic hydroxyl groups excluding tert-OH is 1. The highest BCUT2D eigenvalue weighted by atomic mass is 16.3. The van der Waals surface area contributed by atoms with Gasteiger partial charge in [-0.25, -0.2) is 0 Å². The predicted molar refractivity (Wildman–Crippen MR) is 74.5 cm³/mol. The first-order valence-electron chi connectivity index (χ1n) is 6.94. The molecular formula is C15H18N2O3. The highest BCUT2D eigenvalue weighted by Crippen LogP contribution is 2.25. The third-order valence-corrected chi connectivity index (χ3v) is 4.18. The topological polar surface area (TPSA) is 69.6 Å². The number of likely N-dealkylation sites (tertiary alicyclic amines) is 1. The number of β-amino-alcohol motifs (C(OH)–C–C–N with tert-alkyl or cyclic N) is 1. The number of hydrogen-bond acceptors (Lipinski definition) is 3. The fourth-order valence-corrected chi connectivity index (χ4v) is 2.78. The van der Waals surface area contributed by atoms with Crippen LogP contribution in [0.3, 0.4) is 0 Å². The Kier molecular flexibility index (Phi) is 3.22. The average Bonchev–Trinajstić information content (AvgIpc) is 2.80. The highest BCUT2D eigenvalue weighted by Gasteiger charge is 2.28. The number of amides is 2. The lowest BCUT2D eigenvalue weighted by molar-refractivity contribution is -0.115. The van der Waals surface area contributed by atoms with E-state index in [1.54, 1.807) is 23.1 Å². The Morgan fingerprint density at radius 1 is 1.45 bits per heavy atom. The normalized spacial score (nSPS) is 25.3. The summed E-state index contributed by atoms with van der Waals surface area (Å²) >= 11 is 0. The minimum absolute atomic E-state index is 0.0354. The lowest BCUT2D eigenvalue weighted by Gasteiger charge is -2.34. The summed E-state index contributed by atoms with van der Waals surface area (Å²) in [7, 11) is 0. The number of benzene rings is 1. The summed E-state index contributed by atoms with van der Waals surface area (Å²) in [6.45, 7) is 3.05. The van der Waals surface area contributed by atoms with Crippen molar-refractivity contribution in [3.8, 4) is 0 Å². The van der Waals surface area contributed by atoms with Crippen LogP contribution in [0, 0.1) is 5.92 Å². The van der Waals surface area contributed by atoms with E-state index < -0.39 is 6.10 Å². The molecule has 106 valence electrons. The van der Waals surface area contributed by atoms with Crippen LogP contribution in [-0.2, 0) is 11.2 Å². The molecule has 2 aliphatic heterocycles. The van der Waals surface area contributed by atoms with E-state index in [4.69, 9.17) is 0 Å². The minimum Gasteiger partial charge on any atom is -0.391 e. The molecule has 5 heteroatoms. The molecule has 0 radical (unpaired) electrons. The molecule has 2 heterocycles. The van der Waals surface area contributed by atoms with Gasteiger partial charge in [0.15, 0.2) is 0 Å². The molecule has 0 aromatic heterocycles. The Bertz CT molecular complexity index is 570. The van der Waals surface area contributed by atoms with E-state index in [-0.39, 0.29) is 17.7 Å². The zero-order chi connectivity index (χ0) is 14.3. The smallest absolute Gasteiger partial charge is 0.253 e. The van der Waals surface area contributed by atoms with Crippen molar-refractivity contribution in [1.82, 2.24) is 4.90 Å². The highest BCUT2D eigenvalue weighted by molar-refractivity contribution is 6.01. The van der Waals surface area contributed by atoms with Crippen molar-refractivity contribution >= 4 is 17.5 Å². The Hall–Kier alpha value is -1.88.